The molecular weight excluding hydrogens is 290 g/mol. The lowest BCUT2D eigenvalue weighted by atomic mass is 10.3. The van der Waals surface area contributed by atoms with Crippen LogP contribution in [-0.2, 0) is 6.18 Å². The fourth-order valence-electron chi connectivity index (χ4n) is 1.72. The Hall–Kier alpha value is -1.74. The molecule has 1 aliphatic carbocycles. The normalized spacial score (nSPS) is 16.3. The summed E-state index contributed by atoms with van der Waals surface area (Å²) in [7, 11) is 0. The first-order valence-corrected chi connectivity index (χ1v) is 5.61. The Kier molecular flexibility index (Phi) is 3.42. The maximum atomic E-state index is 12.6. The number of hydrogen-bond donors (Lipinski definition) is 1. The fraction of sp³-hybridized carbons (Fsp3) is 0.600. The Morgan fingerprint density at radius 1 is 1.15 bits per heavy atom. The first-order valence-electron chi connectivity index (χ1n) is 5.61. The van der Waals surface area contributed by atoms with Gasteiger partial charge in [0, 0.05) is 12.1 Å². The molecule has 1 heterocycles. The highest BCUT2D eigenvalue weighted by molar-refractivity contribution is 5.46. The summed E-state index contributed by atoms with van der Waals surface area (Å²) < 4.78 is 75.2. The Labute approximate surface area is 109 Å². The van der Waals surface area contributed by atoms with Gasteiger partial charge in [-0.05, 0) is 12.8 Å². The second-order valence-electron chi connectivity index (χ2n) is 4.44. The number of nitrogens with zero attached hydrogens (tertiary/aromatic N) is 3. The van der Waals surface area contributed by atoms with E-state index in [-0.39, 0.29) is 0 Å². The summed E-state index contributed by atoms with van der Waals surface area (Å²) in [6.07, 6.45) is -8.39. The molecule has 0 saturated heterocycles. The third-order valence-corrected chi connectivity index (χ3v) is 2.65. The Morgan fingerprint density at radius 3 is 2.20 bits per heavy atom. The van der Waals surface area contributed by atoms with Crippen LogP contribution >= 0.6 is 0 Å². The molecule has 0 amide bonds. The molecule has 112 valence electrons. The van der Waals surface area contributed by atoms with E-state index < -0.39 is 42.4 Å². The largest absolute Gasteiger partial charge is 0.433 e. The third kappa shape index (κ3) is 3.64. The summed E-state index contributed by atoms with van der Waals surface area (Å²) in [4.78, 5) is 7.27. The molecule has 0 aromatic carbocycles. The second-order valence-corrected chi connectivity index (χ2v) is 4.44. The maximum Gasteiger partial charge on any atom is 0.433 e. The minimum Gasteiger partial charge on any atom is -0.368 e. The molecular formula is C10H10F6N4. The van der Waals surface area contributed by atoms with Gasteiger partial charge in [-0.1, -0.05) is 0 Å². The van der Waals surface area contributed by atoms with Gasteiger partial charge in [0.25, 0.3) is 0 Å². The lowest BCUT2D eigenvalue weighted by Crippen LogP contribution is -2.37. The van der Waals surface area contributed by atoms with Crippen LogP contribution in [0.1, 0.15) is 18.5 Å². The zero-order valence-corrected chi connectivity index (χ0v) is 9.96. The van der Waals surface area contributed by atoms with E-state index in [4.69, 9.17) is 5.73 Å². The van der Waals surface area contributed by atoms with Gasteiger partial charge in [0.1, 0.15) is 12.4 Å². The van der Waals surface area contributed by atoms with Crippen molar-refractivity contribution < 1.29 is 26.3 Å². The van der Waals surface area contributed by atoms with Crippen LogP contribution in [-0.4, -0.2) is 28.7 Å². The van der Waals surface area contributed by atoms with E-state index in [0.29, 0.717) is 18.9 Å². The number of alkyl halides is 6. The first-order chi connectivity index (χ1) is 9.06. The minimum atomic E-state index is -4.79. The number of nitrogen functional groups attached to an aromatic ring is 1. The van der Waals surface area contributed by atoms with Crippen molar-refractivity contribution in [2.45, 2.75) is 31.2 Å². The van der Waals surface area contributed by atoms with Crippen molar-refractivity contribution in [2.24, 2.45) is 0 Å². The smallest absolute Gasteiger partial charge is 0.368 e. The van der Waals surface area contributed by atoms with Crippen LogP contribution in [0.4, 0.5) is 38.1 Å². The van der Waals surface area contributed by atoms with E-state index in [1.165, 1.54) is 0 Å². The van der Waals surface area contributed by atoms with E-state index in [9.17, 15) is 26.3 Å². The van der Waals surface area contributed by atoms with Gasteiger partial charge in [0.15, 0.2) is 5.69 Å². The predicted octanol–water partition coefficient (Wildman–Crippen LogP) is 2.61. The predicted molar refractivity (Wildman–Crippen MR) is 57.9 cm³/mol. The molecule has 0 aliphatic heterocycles. The van der Waals surface area contributed by atoms with Crippen molar-refractivity contribution in [1.82, 2.24) is 9.97 Å². The van der Waals surface area contributed by atoms with E-state index >= 15 is 0 Å². The van der Waals surface area contributed by atoms with Gasteiger partial charge in [-0.2, -0.15) is 31.3 Å². The van der Waals surface area contributed by atoms with Crippen molar-refractivity contribution >= 4 is 11.8 Å². The Balaban J connectivity index is 2.36. The third-order valence-electron chi connectivity index (χ3n) is 2.65. The fourth-order valence-corrected chi connectivity index (χ4v) is 1.72. The van der Waals surface area contributed by atoms with Crippen LogP contribution in [0.15, 0.2) is 6.07 Å². The number of halogens is 6. The number of anilines is 2. The summed E-state index contributed by atoms with van der Waals surface area (Å²) in [5.41, 5.74) is 3.79. The van der Waals surface area contributed by atoms with Crippen molar-refractivity contribution in [3.8, 4) is 0 Å². The maximum absolute atomic E-state index is 12.6. The van der Waals surface area contributed by atoms with Gasteiger partial charge < -0.3 is 10.6 Å². The van der Waals surface area contributed by atoms with Gasteiger partial charge in [-0.25, -0.2) is 4.98 Å². The molecule has 1 aromatic rings. The quantitative estimate of drug-likeness (QED) is 0.872. The molecule has 10 heteroatoms. The zero-order valence-electron chi connectivity index (χ0n) is 9.96. The van der Waals surface area contributed by atoms with Crippen LogP contribution < -0.4 is 10.6 Å². The van der Waals surface area contributed by atoms with Crippen LogP contribution in [0.5, 0.6) is 0 Å². The topological polar surface area (TPSA) is 55.0 Å². The van der Waals surface area contributed by atoms with Gasteiger partial charge >= 0.3 is 12.4 Å². The molecule has 2 N–H and O–H groups in total. The highest BCUT2D eigenvalue weighted by atomic mass is 19.4. The van der Waals surface area contributed by atoms with Crippen LogP contribution in [0.25, 0.3) is 0 Å². The highest BCUT2D eigenvalue weighted by Crippen LogP contribution is 2.36. The molecule has 20 heavy (non-hydrogen) atoms. The lowest BCUT2D eigenvalue weighted by Gasteiger charge is -2.25. The molecule has 0 atom stereocenters. The van der Waals surface area contributed by atoms with E-state index in [1.54, 1.807) is 0 Å². The van der Waals surface area contributed by atoms with Crippen molar-refractivity contribution in [2.75, 3.05) is 17.2 Å². The van der Waals surface area contributed by atoms with E-state index in [2.05, 4.69) is 9.97 Å². The number of nitrogens with two attached hydrogens (primary N) is 1. The zero-order chi connectivity index (χ0) is 15.1. The highest BCUT2D eigenvalue weighted by Gasteiger charge is 2.40. The monoisotopic (exact) mass is 300 g/mol. The molecule has 4 nitrogen and oxygen atoms in total. The summed E-state index contributed by atoms with van der Waals surface area (Å²) in [6, 6.07) is 0.0208. The van der Waals surface area contributed by atoms with Crippen LogP contribution in [0, 0.1) is 0 Å². The average molecular weight is 300 g/mol. The molecule has 1 fully saturated rings. The van der Waals surface area contributed by atoms with Gasteiger partial charge in [-0.3, -0.25) is 0 Å². The lowest BCUT2D eigenvalue weighted by molar-refractivity contribution is -0.141. The molecule has 1 aromatic heterocycles. The van der Waals surface area contributed by atoms with E-state index in [0.717, 1.165) is 4.90 Å². The van der Waals surface area contributed by atoms with Crippen molar-refractivity contribution in [1.29, 1.82) is 0 Å². The van der Waals surface area contributed by atoms with Crippen molar-refractivity contribution in [3.63, 3.8) is 0 Å². The average Bonchev–Trinajstić information content (AvgIpc) is 3.06. The molecule has 0 radical (unpaired) electrons. The first kappa shape index (κ1) is 14.7. The molecule has 2 rings (SSSR count). The molecule has 1 saturated carbocycles. The second kappa shape index (κ2) is 4.67. The van der Waals surface area contributed by atoms with Gasteiger partial charge in [-0.15, -0.1) is 0 Å². The summed E-state index contributed by atoms with van der Waals surface area (Å²) in [6.45, 7) is -1.37. The summed E-state index contributed by atoms with van der Waals surface area (Å²) in [5.74, 6) is -1.16. The minimum absolute atomic E-state index is 0.454. The van der Waals surface area contributed by atoms with Crippen LogP contribution in [0.3, 0.4) is 0 Å². The standard InChI is InChI=1S/C10H10F6N4/c11-9(12,13)4-20(5-1-2-5)7-3-6(10(14,15)16)18-8(17)19-7/h3,5H,1-2,4H2,(H2,17,18,19). The summed E-state index contributed by atoms with van der Waals surface area (Å²) in [5, 5.41) is 0. The molecule has 0 spiro atoms. The molecule has 1 aliphatic rings. The summed E-state index contributed by atoms with van der Waals surface area (Å²) >= 11 is 0. The van der Waals surface area contributed by atoms with Crippen LogP contribution in [0.2, 0.25) is 0 Å². The number of aromatic nitrogens is 2. The Bertz CT molecular complexity index is 494. The van der Waals surface area contributed by atoms with Crippen molar-refractivity contribution in [3.05, 3.63) is 11.8 Å². The molecule has 0 unspecified atom stereocenters. The van der Waals surface area contributed by atoms with E-state index in [1.807, 2.05) is 0 Å². The van der Waals surface area contributed by atoms with Gasteiger partial charge in [0.05, 0.1) is 0 Å². The SMILES string of the molecule is Nc1nc(N(CC(F)(F)F)C2CC2)cc(C(F)(F)F)n1. The number of rotatable bonds is 3. The Morgan fingerprint density at radius 2 is 1.75 bits per heavy atom. The van der Waals surface area contributed by atoms with Gasteiger partial charge in [0.2, 0.25) is 5.95 Å². The number of hydrogen-bond acceptors (Lipinski definition) is 4. The molecule has 0 bridgehead atoms.